The molecule has 0 bridgehead atoms. The van der Waals surface area contributed by atoms with E-state index < -0.39 is 27.6 Å². The Morgan fingerprint density at radius 3 is 2.17 bits per heavy atom. The maximum absolute atomic E-state index is 15.3. The Bertz CT molecular complexity index is 2030. The van der Waals surface area contributed by atoms with Gasteiger partial charge in [0.25, 0.3) is 5.91 Å². The van der Waals surface area contributed by atoms with Crippen molar-refractivity contribution in [2.24, 2.45) is 0 Å². The summed E-state index contributed by atoms with van der Waals surface area (Å²) in [6.07, 6.45) is 0. The van der Waals surface area contributed by atoms with Gasteiger partial charge in [0.2, 0.25) is 10.0 Å². The Balaban J connectivity index is 1.17. The number of benzene rings is 5. The highest BCUT2D eigenvalue weighted by atomic mass is 32.2. The van der Waals surface area contributed by atoms with Crippen molar-refractivity contribution >= 4 is 27.6 Å². The molecule has 0 heterocycles. The van der Waals surface area contributed by atoms with E-state index in [-0.39, 0.29) is 47.2 Å². The molecule has 0 fully saturated rings. The number of aromatic carboxylic acids is 1. The van der Waals surface area contributed by atoms with Crippen molar-refractivity contribution in [1.29, 1.82) is 0 Å². The number of anilines is 1. The quantitative estimate of drug-likeness (QED) is 0.118. The number of phenols is 1. The summed E-state index contributed by atoms with van der Waals surface area (Å²) < 4.78 is 48.9. The minimum absolute atomic E-state index is 0.0755. The molecule has 0 aromatic heterocycles. The fourth-order valence-electron chi connectivity index (χ4n) is 4.92. The third-order valence-electron chi connectivity index (χ3n) is 7.36. The molecule has 9 nitrogen and oxygen atoms in total. The van der Waals surface area contributed by atoms with Crippen LogP contribution in [0.25, 0.3) is 11.1 Å². The van der Waals surface area contributed by atoms with Crippen molar-refractivity contribution in [1.82, 2.24) is 5.32 Å². The number of ether oxygens (including phenoxy) is 1. The number of carbonyl (C=O) groups excluding carboxylic acids is 1. The van der Waals surface area contributed by atoms with Crippen molar-refractivity contribution in [2.75, 3.05) is 4.72 Å². The zero-order chi connectivity index (χ0) is 33.6. The van der Waals surface area contributed by atoms with Gasteiger partial charge in [0.1, 0.15) is 18.1 Å². The molecule has 1 amide bonds. The predicted molar refractivity (Wildman–Crippen MR) is 176 cm³/mol. The van der Waals surface area contributed by atoms with Crippen LogP contribution in [0.2, 0.25) is 0 Å². The maximum atomic E-state index is 15.3. The molecular formula is C36H31FN2O7S. The van der Waals surface area contributed by atoms with E-state index in [0.717, 1.165) is 22.3 Å². The second kappa shape index (κ2) is 14.2. The summed E-state index contributed by atoms with van der Waals surface area (Å²) in [6.45, 7) is 1.91. The van der Waals surface area contributed by atoms with Gasteiger partial charge in [-0.05, 0) is 77.2 Å². The Hall–Kier alpha value is -5.68. The molecule has 5 aromatic rings. The fraction of sp³-hybridized carbons (Fsp3) is 0.111. The zero-order valence-electron chi connectivity index (χ0n) is 25.2. The lowest BCUT2D eigenvalue weighted by molar-refractivity contribution is 0.0695. The van der Waals surface area contributed by atoms with Crippen molar-refractivity contribution < 1.29 is 37.3 Å². The molecular weight excluding hydrogens is 623 g/mol. The van der Waals surface area contributed by atoms with Crippen LogP contribution in [-0.4, -0.2) is 30.5 Å². The van der Waals surface area contributed by atoms with Crippen molar-refractivity contribution in [3.63, 3.8) is 0 Å². The molecule has 0 aliphatic heterocycles. The molecule has 0 aliphatic carbocycles. The zero-order valence-corrected chi connectivity index (χ0v) is 26.1. The van der Waals surface area contributed by atoms with Crippen LogP contribution in [0, 0.1) is 12.7 Å². The second-order valence-electron chi connectivity index (χ2n) is 10.8. The van der Waals surface area contributed by atoms with E-state index in [0.29, 0.717) is 11.3 Å². The number of nitrogens with one attached hydrogen (secondary N) is 2. The first kappa shape index (κ1) is 32.7. The normalized spacial score (nSPS) is 11.1. The van der Waals surface area contributed by atoms with Crippen LogP contribution in [0.15, 0.2) is 109 Å². The fourth-order valence-corrected chi connectivity index (χ4v) is 6.15. The van der Waals surface area contributed by atoms with E-state index in [4.69, 9.17) is 4.74 Å². The lowest BCUT2D eigenvalue weighted by atomic mass is 10.0. The van der Waals surface area contributed by atoms with Gasteiger partial charge in [0.15, 0.2) is 5.82 Å². The molecule has 4 N–H and O–H groups in total. The second-order valence-corrected chi connectivity index (χ2v) is 12.5. The largest absolute Gasteiger partial charge is 0.508 e. The highest BCUT2D eigenvalue weighted by molar-refractivity contribution is 7.91. The van der Waals surface area contributed by atoms with Gasteiger partial charge in [-0.25, -0.2) is 17.6 Å². The van der Waals surface area contributed by atoms with E-state index in [1.165, 1.54) is 42.5 Å². The van der Waals surface area contributed by atoms with Gasteiger partial charge >= 0.3 is 5.97 Å². The summed E-state index contributed by atoms with van der Waals surface area (Å²) in [5.74, 6) is -2.28. The maximum Gasteiger partial charge on any atom is 0.335 e. The number of amides is 1. The smallest absolute Gasteiger partial charge is 0.335 e. The topological polar surface area (TPSA) is 142 Å². The average molecular weight is 655 g/mol. The molecule has 240 valence electrons. The molecule has 0 saturated carbocycles. The number of rotatable bonds is 12. The van der Waals surface area contributed by atoms with Gasteiger partial charge in [0, 0.05) is 17.7 Å². The van der Waals surface area contributed by atoms with E-state index in [2.05, 4.69) is 10.0 Å². The van der Waals surface area contributed by atoms with Crippen LogP contribution in [0.1, 0.15) is 43.0 Å². The minimum Gasteiger partial charge on any atom is -0.508 e. The highest BCUT2D eigenvalue weighted by Gasteiger charge is 2.20. The molecule has 0 aliphatic rings. The summed E-state index contributed by atoms with van der Waals surface area (Å²) in [5, 5.41) is 21.7. The van der Waals surface area contributed by atoms with Gasteiger partial charge in [-0.2, -0.15) is 0 Å². The average Bonchev–Trinajstić information content (AvgIpc) is 3.05. The number of sulfonamides is 1. The van der Waals surface area contributed by atoms with Gasteiger partial charge in [-0.15, -0.1) is 0 Å². The van der Waals surface area contributed by atoms with Crippen molar-refractivity contribution in [3.05, 3.63) is 148 Å². The van der Waals surface area contributed by atoms with Crippen LogP contribution in [-0.2, 0) is 28.9 Å². The monoisotopic (exact) mass is 654 g/mol. The van der Waals surface area contributed by atoms with Crippen LogP contribution >= 0.6 is 0 Å². The highest BCUT2D eigenvalue weighted by Crippen LogP contribution is 2.26. The van der Waals surface area contributed by atoms with Crippen LogP contribution < -0.4 is 14.8 Å². The van der Waals surface area contributed by atoms with Gasteiger partial charge < -0.3 is 20.3 Å². The van der Waals surface area contributed by atoms with Gasteiger partial charge in [-0.3, -0.25) is 9.52 Å². The van der Waals surface area contributed by atoms with Crippen LogP contribution in [0.5, 0.6) is 11.5 Å². The number of aryl methyl sites for hydroxylation is 1. The number of carboxylic acids is 1. The summed E-state index contributed by atoms with van der Waals surface area (Å²) in [6, 6.07) is 29.3. The molecule has 0 saturated heterocycles. The number of carbonyl (C=O) groups is 2. The molecule has 0 atom stereocenters. The van der Waals surface area contributed by atoms with Gasteiger partial charge in [0.05, 0.1) is 17.0 Å². The first-order valence-corrected chi connectivity index (χ1v) is 16.1. The van der Waals surface area contributed by atoms with Crippen molar-refractivity contribution in [3.8, 4) is 22.6 Å². The third kappa shape index (κ3) is 8.33. The molecule has 5 aromatic carbocycles. The summed E-state index contributed by atoms with van der Waals surface area (Å²) in [5.41, 5.74) is 3.68. The van der Waals surface area contributed by atoms with E-state index in [1.54, 1.807) is 48.5 Å². The molecule has 0 spiro atoms. The van der Waals surface area contributed by atoms with E-state index in [1.807, 2.05) is 25.1 Å². The molecule has 5 rings (SSSR count). The van der Waals surface area contributed by atoms with Crippen molar-refractivity contribution in [2.45, 2.75) is 25.8 Å². The summed E-state index contributed by atoms with van der Waals surface area (Å²) in [7, 11) is -4.14. The number of hydrogen-bond donors (Lipinski definition) is 4. The third-order valence-corrected chi connectivity index (χ3v) is 8.58. The Labute approximate surface area is 271 Å². The SMILES string of the molecule is Cc1cc(CNC(=O)c2ccc(-c3ccc(O)cc3)cc2)ccc1OCc1cccc(NS(=O)(=O)Cc2ccccc2C(=O)O)c1F. The summed E-state index contributed by atoms with van der Waals surface area (Å²) >= 11 is 0. The Kier molecular flexibility index (Phi) is 9.86. The molecule has 0 radical (unpaired) electrons. The lowest BCUT2D eigenvalue weighted by Gasteiger charge is -2.14. The first-order valence-electron chi connectivity index (χ1n) is 14.5. The van der Waals surface area contributed by atoms with E-state index in [9.17, 15) is 28.2 Å². The first-order chi connectivity index (χ1) is 22.5. The van der Waals surface area contributed by atoms with Crippen LogP contribution in [0.4, 0.5) is 10.1 Å². The minimum atomic E-state index is -4.14. The molecule has 11 heteroatoms. The molecule has 47 heavy (non-hydrogen) atoms. The summed E-state index contributed by atoms with van der Waals surface area (Å²) in [4.78, 5) is 24.2. The Morgan fingerprint density at radius 2 is 1.49 bits per heavy atom. The Morgan fingerprint density at radius 1 is 0.830 bits per heavy atom. The number of aromatic hydroxyl groups is 1. The van der Waals surface area contributed by atoms with E-state index >= 15 is 4.39 Å². The molecule has 0 unspecified atom stereocenters. The predicted octanol–water partition coefficient (Wildman–Crippen LogP) is 6.66. The standard InChI is InChI=1S/C36H31FN2O7S/c1-23-19-24(20-38-35(41)27-12-10-25(11-13-27)26-14-16-30(40)17-15-26)9-18-33(23)46-21-28-6-4-8-32(34(28)37)39-47(44,45)22-29-5-2-3-7-31(29)36(42)43/h2-19,39-40H,20-22H2,1H3,(H,38,41)(H,42,43). The lowest BCUT2D eigenvalue weighted by Crippen LogP contribution is -2.22. The number of carboxylic acid groups (broad SMARTS) is 1. The number of hydrogen-bond acceptors (Lipinski definition) is 6. The van der Waals surface area contributed by atoms with Crippen LogP contribution in [0.3, 0.4) is 0 Å². The number of halogens is 1. The number of phenolic OH excluding ortho intramolecular Hbond substituents is 1. The van der Waals surface area contributed by atoms with Gasteiger partial charge in [-0.1, -0.05) is 66.7 Å².